The third kappa shape index (κ3) is 3.82. The number of benzene rings is 2. The first kappa shape index (κ1) is 17.0. The van der Waals surface area contributed by atoms with Crippen LogP contribution in [-0.2, 0) is 11.2 Å². The number of fused-ring (bicyclic) bond motifs is 1. The predicted octanol–water partition coefficient (Wildman–Crippen LogP) is 3.46. The van der Waals surface area contributed by atoms with Gasteiger partial charge in [0.2, 0.25) is 5.91 Å². The molecule has 5 nitrogen and oxygen atoms in total. The number of anilines is 1. The zero-order valence-corrected chi connectivity index (χ0v) is 14.6. The van der Waals surface area contributed by atoms with Gasteiger partial charge in [0, 0.05) is 5.69 Å². The fourth-order valence-corrected chi connectivity index (χ4v) is 2.89. The molecule has 1 aliphatic rings. The Morgan fingerprint density at radius 3 is 2.68 bits per heavy atom. The molecule has 0 unspecified atom stereocenters. The Labute approximate surface area is 147 Å². The van der Waals surface area contributed by atoms with Gasteiger partial charge in [-0.05, 0) is 50.1 Å². The van der Waals surface area contributed by atoms with Crippen LogP contribution in [0.3, 0.4) is 0 Å². The van der Waals surface area contributed by atoms with E-state index in [2.05, 4.69) is 10.6 Å². The van der Waals surface area contributed by atoms with Crippen molar-refractivity contribution >= 4 is 17.5 Å². The maximum absolute atomic E-state index is 12.7. The van der Waals surface area contributed by atoms with Crippen LogP contribution in [0.5, 0.6) is 5.75 Å². The lowest BCUT2D eigenvalue weighted by Gasteiger charge is -2.18. The van der Waals surface area contributed by atoms with Crippen LogP contribution in [0, 0.1) is 0 Å². The van der Waals surface area contributed by atoms with Crippen molar-refractivity contribution < 1.29 is 14.3 Å². The highest BCUT2D eigenvalue weighted by Gasteiger charge is 2.20. The first-order chi connectivity index (χ1) is 11.9. The summed E-state index contributed by atoms with van der Waals surface area (Å²) in [6.45, 7) is 5.78. The number of hydrogen-bond acceptors (Lipinski definition) is 3. The van der Waals surface area contributed by atoms with Crippen LogP contribution in [0.2, 0.25) is 0 Å². The van der Waals surface area contributed by atoms with E-state index in [4.69, 9.17) is 4.74 Å². The van der Waals surface area contributed by atoms with Gasteiger partial charge in [-0.1, -0.05) is 24.3 Å². The smallest absolute Gasteiger partial charge is 0.255 e. The van der Waals surface area contributed by atoms with E-state index in [9.17, 15) is 9.59 Å². The SMILES string of the molecule is CC(C)Oc1ccccc1C(=O)N[C@H](C)c1ccc2c(c1)CC(=O)N2. The molecule has 0 aliphatic carbocycles. The summed E-state index contributed by atoms with van der Waals surface area (Å²) in [4.78, 5) is 24.1. The second-order valence-corrected chi connectivity index (χ2v) is 6.50. The second-order valence-electron chi connectivity index (χ2n) is 6.50. The number of carbonyl (C=O) groups is 2. The molecule has 2 amide bonds. The summed E-state index contributed by atoms with van der Waals surface area (Å²) in [5.74, 6) is 0.396. The molecule has 0 bridgehead atoms. The Hall–Kier alpha value is -2.82. The third-order valence-electron chi connectivity index (χ3n) is 4.10. The van der Waals surface area contributed by atoms with E-state index in [0.29, 0.717) is 17.7 Å². The number of hydrogen-bond donors (Lipinski definition) is 2. The standard InChI is InChI=1S/C20H22N2O3/c1-12(2)25-18-7-5-4-6-16(18)20(24)21-13(3)14-8-9-17-15(10-14)11-19(23)22-17/h4-10,12-13H,11H2,1-3H3,(H,21,24)(H,22,23)/t13-/m1/s1. The van der Waals surface area contributed by atoms with Crippen LogP contribution in [0.15, 0.2) is 42.5 Å². The topological polar surface area (TPSA) is 67.4 Å². The van der Waals surface area contributed by atoms with Gasteiger partial charge in [-0.25, -0.2) is 0 Å². The molecule has 2 aromatic rings. The Kier molecular flexibility index (Phi) is 4.74. The quantitative estimate of drug-likeness (QED) is 0.877. The molecule has 130 valence electrons. The van der Waals surface area contributed by atoms with Gasteiger partial charge in [0.15, 0.2) is 0 Å². The number of ether oxygens (including phenoxy) is 1. The number of nitrogens with one attached hydrogen (secondary N) is 2. The first-order valence-corrected chi connectivity index (χ1v) is 8.43. The van der Waals surface area contributed by atoms with Gasteiger partial charge in [0.05, 0.1) is 24.1 Å². The molecule has 0 aromatic heterocycles. The average molecular weight is 338 g/mol. The minimum absolute atomic E-state index is 0.00333. The van der Waals surface area contributed by atoms with E-state index in [-0.39, 0.29) is 24.0 Å². The first-order valence-electron chi connectivity index (χ1n) is 8.43. The number of para-hydroxylation sites is 1. The van der Waals surface area contributed by atoms with Crippen molar-refractivity contribution in [1.82, 2.24) is 5.32 Å². The summed E-state index contributed by atoms with van der Waals surface area (Å²) >= 11 is 0. The van der Waals surface area contributed by atoms with Gasteiger partial charge in [-0.2, -0.15) is 0 Å². The molecule has 0 saturated heterocycles. The lowest BCUT2D eigenvalue weighted by molar-refractivity contribution is -0.115. The molecule has 2 aromatic carbocycles. The van der Waals surface area contributed by atoms with E-state index in [1.807, 2.05) is 51.1 Å². The molecule has 25 heavy (non-hydrogen) atoms. The summed E-state index contributed by atoms with van der Waals surface area (Å²) in [7, 11) is 0. The molecule has 0 spiro atoms. The Balaban J connectivity index is 1.75. The highest BCUT2D eigenvalue weighted by molar-refractivity contribution is 5.99. The van der Waals surface area contributed by atoms with Gasteiger partial charge in [-0.15, -0.1) is 0 Å². The lowest BCUT2D eigenvalue weighted by atomic mass is 10.0. The highest BCUT2D eigenvalue weighted by atomic mass is 16.5. The molecular weight excluding hydrogens is 316 g/mol. The van der Waals surface area contributed by atoms with Crippen molar-refractivity contribution in [2.24, 2.45) is 0 Å². The molecule has 0 radical (unpaired) electrons. The second kappa shape index (κ2) is 6.97. The van der Waals surface area contributed by atoms with Gasteiger partial charge in [-0.3, -0.25) is 9.59 Å². The summed E-state index contributed by atoms with van der Waals surface area (Å²) in [5, 5.41) is 5.82. The Bertz CT molecular complexity index is 814. The van der Waals surface area contributed by atoms with E-state index in [1.54, 1.807) is 12.1 Å². The van der Waals surface area contributed by atoms with Crippen LogP contribution >= 0.6 is 0 Å². The summed E-state index contributed by atoms with van der Waals surface area (Å²) < 4.78 is 5.72. The van der Waals surface area contributed by atoms with Gasteiger partial charge in [0.1, 0.15) is 5.75 Å². The normalized spacial score (nSPS) is 14.0. The van der Waals surface area contributed by atoms with Gasteiger partial charge < -0.3 is 15.4 Å². The molecule has 3 rings (SSSR count). The van der Waals surface area contributed by atoms with Crippen molar-refractivity contribution in [3.8, 4) is 5.75 Å². The van der Waals surface area contributed by atoms with Gasteiger partial charge >= 0.3 is 0 Å². The minimum atomic E-state index is -0.182. The van der Waals surface area contributed by atoms with Crippen molar-refractivity contribution in [2.45, 2.75) is 39.3 Å². The van der Waals surface area contributed by atoms with E-state index >= 15 is 0 Å². The zero-order valence-electron chi connectivity index (χ0n) is 14.6. The Morgan fingerprint density at radius 1 is 1.16 bits per heavy atom. The van der Waals surface area contributed by atoms with Crippen molar-refractivity contribution in [1.29, 1.82) is 0 Å². The predicted molar refractivity (Wildman–Crippen MR) is 96.9 cm³/mol. The summed E-state index contributed by atoms with van der Waals surface area (Å²) in [6.07, 6.45) is 0.377. The van der Waals surface area contributed by atoms with Crippen LogP contribution in [-0.4, -0.2) is 17.9 Å². The van der Waals surface area contributed by atoms with Crippen molar-refractivity contribution in [3.05, 3.63) is 59.2 Å². The largest absolute Gasteiger partial charge is 0.490 e. The monoisotopic (exact) mass is 338 g/mol. The maximum Gasteiger partial charge on any atom is 0.255 e. The average Bonchev–Trinajstić information content (AvgIpc) is 2.93. The summed E-state index contributed by atoms with van der Waals surface area (Å²) in [5.41, 5.74) is 3.29. The van der Waals surface area contributed by atoms with Crippen LogP contribution in [0.1, 0.15) is 48.3 Å². The fraction of sp³-hybridized carbons (Fsp3) is 0.300. The molecule has 5 heteroatoms. The lowest BCUT2D eigenvalue weighted by Crippen LogP contribution is -2.27. The molecule has 0 saturated carbocycles. The molecule has 0 fully saturated rings. The van der Waals surface area contributed by atoms with Crippen molar-refractivity contribution in [2.75, 3.05) is 5.32 Å². The minimum Gasteiger partial charge on any atom is -0.490 e. The highest BCUT2D eigenvalue weighted by Crippen LogP contribution is 2.27. The van der Waals surface area contributed by atoms with Gasteiger partial charge in [0.25, 0.3) is 5.91 Å². The molecule has 2 N–H and O–H groups in total. The van der Waals surface area contributed by atoms with E-state index < -0.39 is 0 Å². The number of amides is 2. The maximum atomic E-state index is 12.7. The zero-order chi connectivity index (χ0) is 18.0. The molecular formula is C20H22N2O3. The van der Waals surface area contributed by atoms with Crippen molar-refractivity contribution in [3.63, 3.8) is 0 Å². The Morgan fingerprint density at radius 2 is 1.92 bits per heavy atom. The van der Waals surface area contributed by atoms with E-state index in [1.165, 1.54) is 0 Å². The third-order valence-corrected chi connectivity index (χ3v) is 4.10. The molecule has 1 aliphatic heterocycles. The van der Waals surface area contributed by atoms with Crippen LogP contribution in [0.25, 0.3) is 0 Å². The van der Waals surface area contributed by atoms with Crippen LogP contribution in [0.4, 0.5) is 5.69 Å². The van der Waals surface area contributed by atoms with E-state index in [0.717, 1.165) is 16.8 Å². The number of carbonyl (C=O) groups excluding carboxylic acids is 2. The molecule has 1 atom stereocenters. The van der Waals surface area contributed by atoms with Crippen LogP contribution < -0.4 is 15.4 Å². The fourth-order valence-electron chi connectivity index (χ4n) is 2.89. The number of rotatable bonds is 5. The molecule has 1 heterocycles. The summed E-state index contributed by atoms with van der Waals surface area (Å²) in [6, 6.07) is 12.8.